The van der Waals surface area contributed by atoms with Gasteiger partial charge in [-0.3, -0.25) is 0 Å². The first-order valence-electron chi connectivity index (χ1n) is 4.62. The van der Waals surface area contributed by atoms with Crippen LogP contribution in [0.4, 0.5) is 0 Å². The summed E-state index contributed by atoms with van der Waals surface area (Å²) in [4.78, 5) is 4.10. The van der Waals surface area contributed by atoms with Crippen molar-refractivity contribution in [1.82, 2.24) is 10.1 Å². The van der Waals surface area contributed by atoms with E-state index in [4.69, 9.17) is 10.3 Å². The summed E-state index contributed by atoms with van der Waals surface area (Å²) in [7, 11) is 0. The molecule has 0 aliphatic rings. The van der Waals surface area contributed by atoms with E-state index >= 15 is 0 Å². The lowest BCUT2D eigenvalue weighted by Crippen LogP contribution is -2.25. The standard InChI is InChI=1S/C9H17N3O.ClH/c1-6(2)4-8(10)5-9-11-7(3)13-12-9;/h6,8H,4-5,10H2,1-3H3;1H/t8-;/m0./s1. The normalized spacial score (nSPS) is 12.6. The van der Waals surface area contributed by atoms with Gasteiger partial charge in [0.15, 0.2) is 5.82 Å². The molecule has 0 saturated carbocycles. The van der Waals surface area contributed by atoms with Crippen molar-refractivity contribution < 1.29 is 4.52 Å². The van der Waals surface area contributed by atoms with Crippen molar-refractivity contribution in [3.8, 4) is 0 Å². The Morgan fingerprint density at radius 1 is 1.43 bits per heavy atom. The van der Waals surface area contributed by atoms with Crippen molar-refractivity contribution in [1.29, 1.82) is 0 Å². The molecule has 1 atom stereocenters. The van der Waals surface area contributed by atoms with Crippen LogP contribution in [0.2, 0.25) is 0 Å². The highest BCUT2D eigenvalue weighted by atomic mass is 35.5. The maximum absolute atomic E-state index is 5.89. The molecule has 1 rings (SSSR count). The number of halogens is 1. The summed E-state index contributed by atoms with van der Waals surface area (Å²) >= 11 is 0. The number of aryl methyl sites for hydroxylation is 1. The van der Waals surface area contributed by atoms with Crippen LogP contribution in [0, 0.1) is 12.8 Å². The minimum atomic E-state index is 0. The van der Waals surface area contributed by atoms with Gasteiger partial charge in [-0.1, -0.05) is 19.0 Å². The van der Waals surface area contributed by atoms with Gasteiger partial charge in [0.05, 0.1) is 0 Å². The number of rotatable bonds is 4. The molecule has 0 aromatic carbocycles. The highest BCUT2D eigenvalue weighted by Crippen LogP contribution is 2.06. The fraction of sp³-hybridized carbons (Fsp3) is 0.778. The highest BCUT2D eigenvalue weighted by molar-refractivity contribution is 5.85. The van der Waals surface area contributed by atoms with Crippen molar-refractivity contribution in [2.75, 3.05) is 0 Å². The van der Waals surface area contributed by atoms with E-state index in [0.717, 1.165) is 6.42 Å². The summed E-state index contributed by atoms with van der Waals surface area (Å²) in [5.74, 6) is 1.93. The Morgan fingerprint density at radius 3 is 2.50 bits per heavy atom. The molecule has 1 aromatic heterocycles. The maximum atomic E-state index is 5.89. The zero-order chi connectivity index (χ0) is 9.84. The number of nitrogens with two attached hydrogens (primary N) is 1. The van der Waals surface area contributed by atoms with Gasteiger partial charge in [-0.15, -0.1) is 12.4 Å². The fourth-order valence-corrected chi connectivity index (χ4v) is 1.35. The third kappa shape index (κ3) is 4.58. The topological polar surface area (TPSA) is 64.9 Å². The molecule has 5 heteroatoms. The molecule has 1 aromatic rings. The molecular formula is C9H18ClN3O. The van der Waals surface area contributed by atoms with E-state index in [2.05, 4.69) is 24.0 Å². The molecule has 0 radical (unpaired) electrons. The van der Waals surface area contributed by atoms with Gasteiger partial charge in [-0.25, -0.2) is 0 Å². The molecule has 0 amide bonds. The Morgan fingerprint density at radius 2 is 2.07 bits per heavy atom. The molecule has 0 saturated heterocycles. The van der Waals surface area contributed by atoms with Crippen molar-refractivity contribution >= 4 is 12.4 Å². The van der Waals surface area contributed by atoms with Crippen LogP contribution in [0.1, 0.15) is 32.0 Å². The molecule has 0 fully saturated rings. The smallest absolute Gasteiger partial charge is 0.223 e. The Balaban J connectivity index is 0.00000169. The van der Waals surface area contributed by atoms with Crippen LogP contribution >= 0.6 is 12.4 Å². The zero-order valence-electron chi connectivity index (χ0n) is 8.86. The second kappa shape index (κ2) is 5.98. The first kappa shape index (κ1) is 13.4. The number of aromatic nitrogens is 2. The molecule has 2 N–H and O–H groups in total. The Kier molecular flexibility index (Phi) is 5.72. The molecule has 0 unspecified atom stereocenters. The molecule has 0 bridgehead atoms. The summed E-state index contributed by atoms with van der Waals surface area (Å²) < 4.78 is 4.85. The number of hydrogen-bond acceptors (Lipinski definition) is 4. The van der Waals surface area contributed by atoms with Gasteiger partial charge in [0.25, 0.3) is 0 Å². The van der Waals surface area contributed by atoms with Crippen molar-refractivity contribution in [2.24, 2.45) is 11.7 Å². The van der Waals surface area contributed by atoms with Crippen LogP contribution in [0.15, 0.2) is 4.52 Å². The lowest BCUT2D eigenvalue weighted by atomic mass is 10.0. The van der Waals surface area contributed by atoms with Gasteiger partial charge < -0.3 is 10.3 Å². The molecule has 82 valence electrons. The van der Waals surface area contributed by atoms with Crippen LogP contribution in [-0.2, 0) is 6.42 Å². The molecule has 0 spiro atoms. The van der Waals surface area contributed by atoms with E-state index in [-0.39, 0.29) is 18.4 Å². The number of hydrogen-bond donors (Lipinski definition) is 1. The third-order valence-electron chi connectivity index (χ3n) is 1.79. The van der Waals surface area contributed by atoms with Crippen LogP contribution < -0.4 is 5.73 Å². The molecule has 1 heterocycles. The summed E-state index contributed by atoms with van der Waals surface area (Å²) in [6, 6.07) is 0.136. The van der Waals surface area contributed by atoms with Gasteiger partial charge in [0, 0.05) is 19.4 Å². The van der Waals surface area contributed by atoms with E-state index in [1.165, 1.54) is 0 Å². The maximum Gasteiger partial charge on any atom is 0.223 e. The average molecular weight is 220 g/mol. The minimum absolute atomic E-state index is 0. The van der Waals surface area contributed by atoms with Crippen molar-refractivity contribution in [2.45, 2.75) is 39.7 Å². The summed E-state index contributed by atoms with van der Waals surface area (Å²) in [5, 5.41) is 3.80. The molecule has 0 aliphatic carbocycles. The second-order valence-corrected chi connectivity index (χ2v) is 3.82. The van der Waals surface area contributed by atoms with E-state index in [1.54, 1.807) is 6.92 Å². The molecule has 14 heavy (non-hydrogen) atoms. The van der Waals surface area contributed by atoms with Crippen molar-refractivity contribution in [3.63, 3.8) is 0 Å². The Bertz CT molecular complexity index is 262. The molecule has 4 nitrogen and oxygen atoms in total. The summed E-state index contributed by atoms with van der Waals surface area (Å²) in [6.07, 6.45) is 1.70. The Labute approximate surface area is 90.7 Å². The van der Waals surface area contributed by atoms with E-state index in [0.29, 0.717) is 24.1 Å². The lowest BCUT2D eigenvalue weighted by molar-refractivity contribution is 0.383. The lowest BCUT2D eigenvalue weighted by Gasteiger charge is -2.10. The Hall–Kier alpha value is -0.610. The quantitative estimate of drug-likeness (QED) is 0.838. The van der Waals surface area contributed by atoms with Crippen molar-refractivity contribution in [3.05, 3.63) is 11.7 Å². The second-order valence-electron chi connectivity index (χ2n) is 3.82. The van der Waals surface area contributed by atoms with Crippen LogP contribution in [-0.4, -0.2) is 16.2 Å². The monoisotopic (exact) mass is 219 g/mol. The first-order valence-corrected chi connectivity index (χ1v) is 4.62. The van der Waals surface area contributed by atoms with Gasteiger partial charge in [-0.05, 0) is 12.3 Å². The summed E-state index contributed by atoms with van der Waals surface area (Å²) in [5.41, 5.74) is 5.89. The SMILES string of the molecule is Cc1nc(C[C@@H](N)CC(C)C)no1.Cl. The van der Waals surface area contributed by atoms with E-state index in [9.17, 15) is 0 Å². The van der Waals surface area contributed by atoms with E-state index in [1.807, 2.05) is 0 Å². The first-order chi connectivity index (χ1) is 6.08. The molecular weight excluding hydrogens is 202 g/mol. The largest absolute Gasteiger partial charge is 0.340 e. The van der Waals surface area contributed by atoms with Gasteiger partial charge in [0.1, 0.15) is 0 Å². The summed E-state index contributed by atoms with van der Waals surface area (Å²) in [6.45, 7) is 6.09. The van der Waals surface area contributed by atoms with Gasteiger partial charge >= 0.3 is 0 Å². The third-order valence-corrected chi connectivity index (χ3v) is 1.79. The predicted molar refractivity (Wildman–Crippen MR) is 57.4 cm³/mol. The van der Waals surface area contributed by atoms with Crippen LogP contribution in [0.25, 0.3) is 0 Å². The van der Waals surface area contributed by atoms with Gasteiger partial charge in [0.2, 0.25) is 5.89 Å². The van der Waals surface area contributed by atoms with Gasteiger partial charge in [-0.2, -0.15) is 4.98 Å². The fourth-order valence-electron chi connectivity index (χ4n) is 1.35. The van der Waals surface area contributed by atoms with Crippen LogP contribution in [0.3, 0.4) is 0 Å². The minimum Gasteiger partial charge on any atom is -0.340 e. The molecule has 0 aliphatic heterocycles. The predicted octanol–water partition coefficient (Wildman–Crippen LogP) is 1.72. The highest BCUT2D eigenvalue weighted by Gasteiger charge is 2.10. The van der Waals surface area contributed by atoms with E-state index < -0.39 is 0 Å². The zero-order valence-corrected chi connectivity index (χ0v) is 9.67. The average Bonchev–Trinajstić information content (AvgIpc) is 2.33. The number of nitrogens with zero attached hydrogens (tertiary/aromatic N) is 2. The van der Waals surface area contributed by atoms with Crippen LogP contribution in [0.5, 0.6) is 0 Å².